The Balaban J connectivity index is 1.36. The molecule has 4 rings (SSSR count). The summed E-state index contributed by atoms with van der Waals surface area (Å²) in [6.45, 7) is 3.25. The lowest BCUT2D eigenvalue weighted by Gasteiger charge is -2.38. The molecular weight excluding hydrogens is 355 g/mol. The summed E-state index contributed by atoms with van der Waals surface area (Å²) in [5, 5.41) is 9.06. The number of hydrogen-bond donors (Lipinski definition) is 1. The van der Waals surface area contributed by atoms with E-state index in [0.29, 0.717) is 12.6 Å². The van der Waals surface area contributed by atoms with Crippen LogP contribution in [0.25, 0.3) is 0 Å². The van der Waals surface area contributed by atoms with E-state index in [1.165, 1.54) is 11.3 Å². The lowest BCUT2D eigenvalue weighted by molar-refractivity contribution is -0.136. The van der Waals surface area contributed by atoms with E-state index >= 15 is 0 Å². The summed E-state index contributed by atoms with van der Waals surface area (Å²) in [6, 6.07) is 15.9. The molecule has 1 N–H and O–H groups in total. The lowest BCUT2D eigenvalue weighted by Crippen LogP contribution is -2.45. The van der Waals surface area contributed by atoms with Crippen molar-refractivity contribution in [2.24, 2.45) is 0 Å². The molecule has 2 aliphatic rings. The second-order valence-corrected chi connectivity index (χ2v) is 7.89. The summed E-state index contributed by atoms with van der Waals surface area (Å²) in [6.07, 6.45) is 2.18. The van der Waals surface area contributed by atoms with E-state index in [9.17, 15) is 9.18 Å². The number of benzene rings is 2. The van der Waals surface area contributed by atoms with Gasteiger partial charge in [0.2, 0.25) is 0 Å². The van der Waals surface area contributed by atoms with Crippen LogP contribution in [0.1, 0.15) is 35.7 Å². The van der Waals surface area contributed by atoms with Gasteiger partial charge < -0.3 is 10.0 Å². The van der Waals surface area contributed by atoms with Crippen molar-refractivity contribution < 1.29 is 14.3 Å². The number of nitrogens with zero attached hydrogens (tertiary/aromatic N) is 2. The lowest BCUT2D eigenvalue weighted by atomic mass is 10.0. The number of hydrogen-bond acceptors (Lipinski definition) is 3. The van der Waals surface area contributed by atoms with Crippen LogP contribution < -0.4 is 4.90 Å². The van der Waals surface area contributed by atoms with E-state index in [0.717, 1.165) is 50.0 Å². The Kier molecular flexibility index (Phi) is 5.62. The van der Waals surface area contributed by atoms with Gasteiger partial charge in [0.15, 0.2) is 0 Å². The highest BCUT2D eigenvalue weighted by atomic mass is 19.1. The second-order valence-electron chi connectivity index (χ2n) is 7.89. The molecule has 0 spiro atoms. The Labute approximate surface area is 165 Å². The summed E-state index contributed by atoms with van der Waals surface area (Å²) in [7, 11) is 0. The number of carboxylic acids is 1. The molecular formula is C23H27FN2O2. The number of carboxylic acid groups (broad SMARTS) is 1. The Morgan fingerprint density at radius 3 is 2.57 bits per heavy atom. The third-order valence-corrected chi connectivity index (χ3v) is 6.01. The minimum absolute atomic E-state index is 0.0664. The summed E-state index contributed by atoms with van der Waals surface area (Å²) in [4.78, 5) is 15.7. The van der Waals surface area contributed by atoms with Gasteiger partial charge in [-0.1, -0.05) is 42.5 Å². The maximum atomic E-state index is 14.6. The minimum Gasteiger partial charge on any atom is -0.481 e. The smallest absolute Gasteiger partial charge is 0.307 e. The summed E-state index contributed by atoms with van der Waals surface area (Å²) in [5.74, 6) is -0.794. The number of anilines is 1. The summed E-state index contributed by atoms with van der Waals surface area (Å²) < 4.78 is 14.6. The predicted molar refractivity (Wildman–Crippen MR) is 109 cm³/mol. The average molecular weight is 382 g/mol. The number of piperidine rings is 1. The number of carbonyl (C=O) groups is 1. The fourth-order valence-electron chi connectivity index (χ4n) is 4.52. The molecule has 5 heteroatoms. The van der Waals surface area contributed by atoms with Crippen LogP contribution in [-0.4, -0.2) is 48.2 Å². The van der Waals surface area contributed by atoms with Crippen LogP contribution in [0.15, 0.2) is 48.5 Å². The predicted octanol–water partition coefficient (Wildman–Crippen LogP) is 3.85. The first-order valence-electron chi connectivity index (χ1n) is 10.1. The van der Waals surface area contributed by atoms with Gasteiger partial charge in [0.1, 0.15) is 6.17 Å². The van der Waals surface area contributed by atoms with Crippen LogP contribution in [0, 0.1) is 0 Å². The van der Waals surface area contributed by atoms with Crippen LogP contribution in [-0.2, 0) is 17.6 Å². The molecule has 1 unspecified atom stereocenters. The molecule has 1 saturated heterocycles. The Hall–Kier alpha value is -2.40. The highest BCUT2D eigenvalue weighted by Gasteiger charge is 2.30. The van der Waals surface area contributed by atoms with Gasteiger partial charge in [0, 0.05) is 37.9 Å². The van der Waals surface area contributed by atoms with Gasteiger partial charge in [-0.2, -0.15) is 0 Å². The third-order valence-electron chi connectivity index (χ3n) is 6.01. The van der Waals surface area contributed by atoms with E-state index < -0.39 is 12.1 Å². The molecule has 2 aromatic carbocycles. The molecule has 2 heterocycles. The van der Waals surface area contributed by atoms with Crippen molar-refractivity contribution in [1.29, 1.82) is 0 Å². The molecule has 0 aliphatic carbocycles. The molecule has 0 radical (unpaired) electrons. The number of fused-ring (bicyclic) bond motifs is 1. The zero-order chi connectivity index (χ0) is 19.5. The summed E-state index contributed by atoms with van der Waals surface area (Å²) >= 11 is 0. The maximum absolute atomic E-state index is 14.6. The average Bonchev–Trinajstić information content (AvgIpc) is 3.12. The fourth-order valence-corrected chi connectivity index (χ4v) is 4.52. The van der Waals surface area contributed by atoms with Gasteiger partial charge in [-0.3, -0.25) is 9.69 Å². The zero-order valence-corrected chi connectivity index (χ0v) is 16.1. The zero-order valence-electron chi connectivity index (χ0n) is 16.1. The van der Waals surface area contributed by atoms with Crippen molar-refractivity contribution in [3.63, 3.8) is 0 Å². The van der Waals surface area contributed by atoms with Gasteiger partial charge in [-0.05, 0) is 42.0 Å². The standard InChI is InChI=1S/C23H27FN2O2/c24-21(18-4-2-1-3-5-18)16-25-11-9-20(10-12-25)26-13-8-19-7-6-17(14-22(19)26)15-23(27)28/h1-7,14,20-21H,8-13,15-16H2,(H,27,28). The Morgan fingerprint density at radius 1 is 1.11 bits per heavy atom. The van der Waals surface area contributed by atoms with Crippen LogP contribution in [0.3, 0.4) is 0 Å². The van der Waals surface area contributed by atoms with Crippen LogP contribution >= 0.6 is 0 Å². The first-order chi connectivity index (χ1) is 13.6. The van der Waals surface area contributed by atoms with Crippen molar-refractivity contribution in [3.05, 3.63) is 65.2 Å². The molecule has 0 bridgehead atoms. The molecule has 0 saturated carbocycles. The van der Waals surface area contributed by atoms with Crippen LogP contribution in [0.4, 0.5) is 10.1 Å². The molecule has 2 aliphatic heterocycles. The van der Waals surface area contributed by atoms with Crippen molar-refractivity contribution >= 4 is 11.7 Å². The van der Waals surface area contributed by atoms with Gasteiger partial charge in [0.05, 0.1) is 6.42 Å². The molecule has 0 amide bonds. The summed E-state index contributed by atoms with van der Waals surface area (Å²) in [5.41, 5.74) is 4.12. The van der Waals surface area contributed by atoms with Gasteiger partial charge in [-0.15, -0.1) is 0 Å². The fraction of sp³-hybridized carbons (Fsp3) is 0.435. The van der Waals surface area contributed by atoms with E-state index in [2.05, 4.69) is 21.9 Å². The van der Waals surface area contributed by atoms with E-state index in [-0.39, 0.29) is 6.42 Å². The number of halogens is 1. The molecule has 1 atom stereocenters. The van der Waals surface area contributed by atoms with Gasteiger partial charge in [0.25, 0.3) is 0 Å². The monoisotopic (exact) mass is 382 g/mol. The number of rotatable bonds is 6. The van der Waals surface area contributed by atoms with E-state index in [1.54, 1.807) is 0 Å². The van der Waals surface area contributed by atoms with Crippen LogP contribution in [0.2, 0.25) is 0 Å². The van der Waals surface area contributed by atoms with Crippen LogP contribution in [0.5, 0.6) is 0 Å². The number of alkyl halides is 1. The second kappa shape index (κ2) is 8.31. The highest BCUT2D eigenvalue weighted by Crippen LogP contribution is 2.34. The quantitative estimate of drug-likeness (QED) is 0.824. The van der Waals surface area contributed by atoms with Crippen molar-refractivity contribution in [2.45, 2.75) is 37.9 Å². The Bertz CT molecular complexity index is 819. The minimum atomic E-state index is -0.941. The number of likely N-dealkylation sites (tertiary alicyclic amines) is 1. The number of aliphatic carboxylic acids is 1. The largest absolute Gasteiger partial charge is 0.481 e. The van der Waals surface area contributed by atoms with E-state index in [1.807, 2.05) is 36.4 Å². The van der Waals surface area contributed by atoms with E-state index in [4.69, 9.17) is 5.11 Å². The third kappa shape index (κ3) is 4.20. The molecule has 148 valence electrons. The van der Waals surface area contributed by atoms with Crippen molar-refractivity contribution in [3.8, 4) is 0 Å². The van der Waals surface area contributed by atoms with Gasteiger partial charge in [-0.25, -0.2) is 4.39 Å². The molecule has 1 fully saturated rings. The normalized spacial score (nSPS) is 18.8. The van der Waals surface area contributed by atoms with Crippen molar-refractivity contribution in [2.75, 3.05) is 31.1 Å². The molecule has 28 heavy (non-hydrogen) atoms. The maximum Gasteiger partial charge on any atom is 0.307 e. The first kappa shape index (κ1) is 18.9. The Morgan fingerprint density at radius 2 is 1.86 bits per heavy atom. The molecule has 2 aromatic rings. The highest BCUT2D eigenvalue weighted by molar-refractivity contribution is 5.72. The first-order valence-corrected chi connectivity index (χ1v) is 10.1. The molecule has 4 nitrogen and oxygen atoms in total. The topological polar surface area (TPSA) is 43.8 Å². The van der Waals surface area contributed by atoms with Crippen molar-refractivity contribution in [1.82, 2.24) is 4.90 Å². The SMILES string of the molecule is O=C(O)Cc1ccc2c(c1)N(C1CCN(CC(F)c3ccccc3)CC1)CC2. The molecule has 0 aromatic heterocycles. The van der Waals surface area contributed by atoms with Gasteiger partial charge >= 0.3 is 5.97 Å².